The third-order valence-corrected chi connectivity index (χ3v) is 13.5. The molecule has 0 bridgehead atoms. The molecule has 0 heterocycles. The Morgan fingerprint density at radius 3 is 0.754 bits per heavy atom. The van der Waals surface area contributed by atoms with Gasteiger partial charge in [0.2, 0.25) is 0 Å². The fraction of sp³-hybridized carbons (Fsp3) is 0.949. The van der Waals surface area contributed by atoms with E-state index >= 15 is 0 Å². The van der Waals surface area contributed by atoms with Crippen LogP contribution in [0.1, 0.15) is 336 Å². The van der Waals surface area contributed by atoms with Crippen LogP contribution in [0.3, 0.4) is 0 Å². The lowest BCUT2D eigenvalue weighted by Crippen LogP contribution is -2.30. The molecule has 0 aliphatic heterocycles. The minimum atomic E-state index is -0.762. The van der Waals surface area contributed by atoms with E-state index in [4.69, 9.17) is 14.2 Å². The summed E-state index contributed by atoms with van der Waals surface area (Å²) < 4.78 is 16.9. The first-order valence-corrected chi connectivity index (χ1v) is 29.4. The number of ether oxygens (including phenoxy) is 3. The lowest BCUT2D eigenvalue weighted by atomic mass is 10.0. The van der Waals surface area contributed by atoms with Crippen molar-refractivity contribution in [1.29, 1.82) is 0 Å². The standard InChI is InChI=1S/C59H114O6/c1-5-7-9-11-13-15-17-19-21-22-23-27-30-34-38-42-46-50-57(60)63-53-56(65-59(62)52-48-44-40-36-32-26-20-18-16-14-12-10-8-6-2)54-64-58(61)51-47-43-39-35-31-28-24-25-29-33-37-41-45-49-55(3)4/h55-56H,5-54H2,1-4H3/t56-/m1/s1. The average Bonchev–Trinajstić information content (AvgIpc) is 3.29. The highest BCUT2D eigenvalue weighted by Crippen LogP contribution is 2.18. The largest absolute Gasteiger partial charge is 0.462 e. The predicted octanol–water partition coefficient (Wildman–Crippen LogP) is 19.4. The molecule has 0 rings (SSSR count). The molecule has 0 amide bonds. The van der Waals surface area contributed by atoms with E-state index in [-0.39, 0.29) is 31.1 Å². The number of hydrogen-bond donors (Lipinski definition) is 0. The van der Waals surface area contributed by atoms with Crippen molar-refractivity contribution in [3.05, 3.63) is 0 Å². The van der Waals surface area contributed by atoms with E-state index in [0.717, 1.165) is 63.7 Å². The molecule has 0 aromatic heterocycles. The maximum Gasteiger partial charge on any atom is 0.306 e. The van der Waals surface area contributed by atoms with E-state index in [1.165, 1.54) is 231 Å². The number of esters is 3. The van der Waals surface area contributed by atoms with Gasteiger partial charge in [-0.3, -0.25) is 14.4 Å². The van der Waals surface area contributed by atoms with Crippen molar-refractivity contribution in [3.63, 3.8) is 0 Å². The zero-order valence-electron chi connectivity index (χ0n) is 44.5. The zero-order valence-corrected chi connectivity index (χ0v) is 44.5. The molecule has 0 aromatic carbocycles. The van der Waals surface area contributed by atoms with Crippen molar-refractivity contribution in [1.82, 2.24) is 0 Å². The highest BCUT2D eigenvalue weighted by molar-refractivity contribution is 5.71. The van der Waals surface area contributed by atoms with E-state index in [9.17, 15) is 14.4 Å². The van der Waals surface area contributed by atoms with Crippen LogP contribution in [0.5, 0.6) is 0 Å². The number of carbonyl (C=O) groups is 3. The molecule has 386 valence electrons. The summed E-state index contributed by atoms with van der Waals surface area (Å²) in [5.41, 5.74) is 0. The minimum Gasteiger partial charge on any atom is -0.462 e. The number of rotatable bonds is 54. The molecule has 0 saturated heterocycles. The van der Waals surface area contributed by atoms with E-state index in [2.05, 4.69) is 27.7 Å². The van der Waals surface area contributed by atoms with Gasteiger partial charge in [0.1, 0.15) is 13.2 Å². The second-order valence-electron chi connectivity index (χ2n) is 20.8. The predicted molar refractivity (Wildman–Crippen MR) is 280 cm³/mol. The summed E-state index contributed by atoms with van der Waals surface area (Å²) in [4.78, 5) is 38.2. The van der Waals surface area contributed by atoms with Gasteiger partial charge in [-0.15, -0.1) is 0 Å². The SMILES string of the molecule is CCCCCCCCCCCCCCCCCCCC(=O)OC[C@H](COC(=O)CCCCCCCCCCCCCCCC(C)C)OC(=O)CCCCCCCCCCCCCCCC. The van der Waals surface area contributed by atoms with Crippen LogP contribution in [0.25, 0.3) is 0 Å². The van der Waals surface area contributed by atoms with Crippen molar-refractivity contribution in [2.24, 2.45) is 5.92 Å². The fourth-order valence-electron chi connectivity index (χ4n) is 9.10. The molecule has 0 radical (unpaired) electrons. The molecule has 0 aliphatic carbocycles. The molecule has 6 nitrogen and oxygen atoms in total. The Labute approximate surface area is 406 Å². The first kappa shape index (κ1) is 63.4. The summed E-state index contributed by atoms with van der Waals surface area (Å²) in [6.07, 6.45) is 58.0. The van der Waals surface area contributed by atoms with E-state index < -0.39 is 6.10 Å². The molecule has 65 heavy (non-hydrogen) atoms. The number of unbranched alkanes of at least 4 members (excludes halogenated alkanes) is 41. The molecular formula is C59H114O6. The molecule has 0 fully saturated rings. The monoisotopic (exact) mass is 919 g/mol. The maximum absolute atomic E-state index is 12.8. The normalized spacial score (nSPS) is 12.0. The highest BCUT2D eigenvalue weighted by Gasteiger charge is 2.19. The smallest absolute Gasteiger partial charge is 0.306 e. The van der Waals surface area contributed by atoms with Crippen molar-refractivity contribution in [2.75, 3.05) is 13.2 Å². The van der Waals surface area contributed by atoms with Gasteiger partial charge in [0, 0.05) is 19.3 Å². The Kier molecular flexibility index (Phi) is 52.1. The van der Waals surface area contributed by atoms with Gasteiger partial charge in [0.15, 0.2) is 6.10 Å². The van der Waals surface area contributed by atoms with Crippen LogP contribution in [0, 0.1) is 5.92 Å². The maximum atomic E-state index is 12.8. The molecule has 0 aromatic rings. The topological polar surface area (TPSA) is 78.9 Å². The molecule has 0 N–H and O–H groups in total. The summed E-state index contributed by atoms with van der Waals surface area (Å²) in [6.45, 7) is 9.07. The first-order valence-electron chi connectivity index (χ1n) is 29.4. The fourth-order valence-corrected chi connectivity index (χ4v) is 9.10. The van der Waals surface area contributed by atoms with Gasteiger partial charge in [-0.2, -0.15) is 0 Å². The quantitative estimate of drug-likeness (QED) is 0.0344. The first-order chi connectivity index (χ1) is 31.9. The molecule has 1 atom stereocenters. The summed E-state index contributed by atoms with van der Waals surface area (Å²) in [5.74, 6) is 0.00607. The second kappa shape index (κ2) is 53.4. The van der Waals surface area contributed by atoms with Gasteiger partial charge in [-0.05, 0) is 25.2 Å². The van der Waals surface area contributed by atoms with Crippen LogP contribution >= 0.6 is 0 Å². The van der Waals surface area contributed by atoms with Gasteiger partial charge in [-0.1, -0.05) is 297 Å². The Bertz CT molecular complexity index is 980. The van der Waals surface area contributed by atoms with Crippen LogP contribution in [-0.4, -0.2) is 37.2 Å². The molecular weight excluding hydrogens is 805 g/mol. The molecule has 0 saturated carbocycles. The zero-order chi connectivity index (χ0) is 47.4. The van der Waals surface area contributed by atoms with Gasteiger partial charge < -0.3 is 14.2 Å². The van der Waals surface area contributed by atoms with Crippen LogP contribution < -0.4 is 0 Å². The summed E-state index contributed by atoms with van der Waals surface area (Å²) in [7, 11) is 0. The van der Waals surface area contributed by atoms with Crippen LogP contribution in [0.4, 0.5) is 0 Å². The van der Waals surface area contributed by atoms with Gasteiger partial charge >= 0.3 is 17.9 Å². The molecule has 0 unspecified atom stereocenters. The van der Waals surface area contributed by atoms with E-state index in [0.29, 0.717) is 19.3 Å². The van der Waals surface area contributed by atoms with Gasteiger partial charge in [0.05, 0.1) is 0 Å². The average molecular weight is 920 g/mol. The summed E-state index contributed by atoms with van der Waals surface area (Å²) in [6, 6.07) is 0. The summed E-state index contributed by atoms with van der Waals surface area (Å²) >= 11 is 0. The third-order valence-electron chi connectivity index (χ3n) is 13.5. The van der Waals surface area contributed by atoms with Crippen LogP contribution in [0.2, 0.25) is 0 Å². The Hall–Kier alpha value is -1.59. The second-order valence-corrected chi connectivity index (χ2v) is 20.8. The Morgan fingerprint density at radius 1 is 0.292 bits per heavy atom. The minimum absolute atomic E-state index is 0.0617. The third kappa shape index (κ3) is 53.2. The van der Waals surface area contributed by atoms with E-state index in [1.54, 1.807) is 0 Å². The van der Waals surface area contributed by atoms with E-state index in [1.807, 2.05) is 0 Å². The Balaban J connectivity index is 4.28. The summed E-state index contributed by atoms with van der Waals surface area (Å²) in [5, 5.41) is 0. The number of hydrogen-bond acceptors (Lipinski definition) is 6. The van der Waals surface area contributed by atoms with Crippen LogP contribution in [0.15, 0.2) is 0 Å². The van der Waals surface area contributed by atoms with Crippen molar-refractivity contribution < 1.29 is 28.6 Å². The van der Waals surface area contributed by atoms with Gasteiger partial charge in [-0.25, -0.2) is 0 Å². The molecule has 0 aliphatic rings. The highest BCUT2D eigenvalue weighted by atomic mass is 16.6. The molecule has 6 heteroatoms. The van der Waals surface area contributed by atoms with Crippen LogP contribution in [-0.2, 0) is 28.6 Å². The molecule has 0 spiro atoms. The number of carbonyl (C=O) groups excluding carboxylic acids is 3. The van der Waals surface area contributed by atoms with Crippen molar-refractivity contribution >= 4 is 17.9 Å². The van der Waals surface area contributed by atoms with Gasteiger partial charge in [0.25, 0.3) is 0 Å². The van der Waals surface area contributed by atoms with Crippen molar-refractivity contribution in [3.8, 4) is 0 Å². The lowest BCUT2D eigenvalue weighted by Gasteiger charge is -2.18. The van der Waals surface area contributed by atoms with Crippen molar-refractivity contribution in [2.45, 2.75) is 342 Å². The Morgan fingerprint density at radius 2 is 0.508 bits per heavy atom. The lowest BCUT2D eigenvalue weighted by molar-refractivity contribution is -0.167.